The molecular formula is C15H16N4O3. The highest BCUT2D eigenvalue weighted by molar-refractivity contribution is 5.96. The van der Waals surface area contributed by atoms with E-state index in [1.807, 2.05) is 24.3 Å². The van der Waals surface area contributed by atoms with Crippen LogP contribution in [0, 0.1) is 0 Å². The number of rotatable bonds is 3. The van der Waals surface area contributed by atoms with Gasteiger partial charge in [-0.2, -0.15) is 5.10 Å². The summed E-state index contributed by atoms with van der Waals surface area (Å²) in [5.74, 6) is 0.304. The van der Waals surface area contributed by atoms with Crippen molar-refractivity contribution in [3.05, 3.63) is 36.0 Å². The van der Waals surface area contributed by atoms with Crippen LogP contribution in [-0.2, 0) is 4.79 Å². The van der Waals surface area contributed by atoms with Crippen molar-refractivity contribution in [3.63, 3.8) is 0 Å². The molecule has 0 unspecified atom stereocenters. The Bertz CT molecular complexity index is 710. The predicted octanol–water partition coefficient (Wildman–Crippen LogP) is 0.657. The molecule has 3 rings (SSSR count). The molecule has 1 aliphatic heterocycles. The van der Waals surface area contributed by atoms with Gasteiger partial charge in [-0.25, -0.2) is 0 Å². The number of nitrogens with zero attached hydrogens (tertiary/aromatic N) is 2. The topological polar surface area (TPSA) is 87.3 Å². The second kappa shape index (κ2) is 5.88. The van der Waals surface area contributed by atoms with E-state index in [1.54, 1.807) is 13.2 Å². The fourth-order valence-corrected chi connectivity index (χ4v) is 2.41. The van der Waals surface area contributed by atoms with E-state index in [4.69, 9.17) is 4.74 Å². The molecule has 7 heteroatoms. The third-order valence-corrected chi connectivity index (χ3v) is 3.52. The van der Waals surface area contributed by atoms with E-state index in [0.717, 1.165) is 5.56 Å². The zero-order valence-corrected chi connectivity index (χ0v) is 12.1. The minimum atomic E-state index is -0.233. The minimum Gasteiger partial charge on any atom is -0.496 e. The molecular weight excluding hydrogens is 284 g/mol. The normalized spacial score (nSPS) is 14.6. The zero-order valence-electron chi connectivity index (χ0n) is 12.1. The second-order valence-corrected chi connectivity index (χ2v) is 4.94. The maximum atomic E-state index is 12.4. The number of nitrogens with one attached hydrogen (secondary N) is 2. The van der Waals surface area contributed by atoms with Gasteiger partial charge >= 0.3 is 0 Å². The Morgan fingerprint density at radius 3 is 2.95 bits per heavy atom. The van der Waals surface area contributed by atoms with Crippen LogP contribution in [0.5, 0.6) is 5.75 Å². The molecule has 2 aromatic rings. The summed E-state index contributed by atoms with van der Waals surface area (Å²) in [7, 11) is 1.59. The Hall–Kier alpha value is -2.83. The molecule has 1 saturated heterocycles. The number of methoxy groups -OCH3 is 1. The van der Waals surface area contributed by atoms with Crippen molar-refractivity contribution in [1.29, 1.82) is 0 Å². The fourth-order valence-electron chi connectivity index (χ4n) is 2.41. The zero-order chi connectivity index (χ0) is 15.5. The van der Waals surface area contributed by atoms with Crippen molar-refractivity contribution in [2.45, 2.75) is 0 Å². The van der Waals surface area contributed by atoms with E-state index in [2.05, 4.69) is 15.5 Å². The van der Waals surface area contributed by atoms with Crippen LogP contribution in [0.1, 0.15) is 10.5 Å². The van der Waals surface area contributed by atoms with E-state index >= 15 is 0 Å². The van der Waals surface area contributed by atoms with Gasteiger partial charge in [0.25, 0.3) is 5.91 Å². The lowest BCUT2D eigenvalue weighted by molar-refractivity contribution is -0.123. The van der Waals surface area contributed by atoms with Crippen LogP contribution < -0.4 is 10.1 Å². The summed E-state index contributed by atoms with van der Waals surface area (Å²) in [4.78, 5) is 25.3. The maximum Gasteiger partial charge on any atom is 0.272 e. The molecule has 1 aromatic heterocycles. The number of hydrogen-bond donors (Lipinski definition) is 2. The molecule has 0 aliphatic carbocycles. The highest BCUT2D eigenvalue weighted by atomic mass is 16.5. The SMILES string of the molecule is COc1ccccc1-c1cc(C(=O)N2CCNC(=O)C2)[nH]n1. The average molecular weight is 300 g/mol. The summed E-state index contributed by atoms with van der Waals surface area (Å²) >= 11 is 0. The first-order valence-corrected chi connectivity index (χ1v) is 6.94. The molecule has 0 spiro atoms. The number of carbonyl (C=O) groups is 2. The summed E-state index contributed by atoms with van der Waals surface area (Å²) in [6.45, 7) is 1.04. The van der Waals surface area contributed by atoms with Gasteiger partial charge in [0.1, 0.15) is 11.4 Å². The van der Waals surface area contributed by atoms with Crippen molar-refractivity contribution in [2.24, 2.45) is 0 Å². The first kappa shape index (κ1) is 14.1. The Morgan fingerprint density at radius 1 is 1.36 bits per heavy atom. The number of aromatic nitrogens is 2. The molecule has 7 nitrogen and oxygen atoms in total. The van der Waals surface area contributed by atoms with Crippen molar-refractivity contribution < 1.29 is 14.3 Å². The highest BCUT2D eigenvalue weighted by Gasteiger charge is 2.24. The van der Waals surface area contributed by atoms with Crippen LogP contribution >= 0.6 is 0 Å². The second-order valence-electron chi connectivity index (χ2n) is 4.94. The summed E-state index contributed by atoms with van der Waals surface area (Å²) in [5.41, 5.74) is 1.79. The third-order valence-electron chi connectivity index (χ3n) is 3.52. The quantitative estimate of drug-likeness (QED) is 0.871. The van der Waals surface area contributed by atoms with E-state index in [0.29, 0.717) is 30.2 Å². The van der Waals surface area contributed by atoms with E-state index in [1.165, 1.54) is 4.90 Å². The van der Waals surface area contributed by atoms with Crippen molar-refractivity contribution in [3.8, 4) is 17.0 Å². The van der Waals surface area contributed by atoms with Gasteiger partial charge in [0.2, 0.25) is 5.91 Å². The number of H-pyrrole nitrogens is 1. The summed E-state index contributed by atoms with van der Waals surface area (Å²) < 4.78 is 5.30. The Kier molecular flexibility index (Phi) is 3.78. The van der Waals surface area contributed by atoms with Gasteiger partial charge in [-0.3, -0.25) is 14.7 Å². The number of carbonyl (C=O) groups excluding carboxylic acids is 2. The fraction of sp³-hybridized carbons (Fsp3) is 0.267. The van der Waals surface area contributed by atoms with E-state index in [9.17, 15) is 9.59 Å². The van der Waals surface area contributed by atoms with Gasteiger partial charge in [-0.1, -0.05) is 12.1 Å². The van der Waals surface area contributed by atoms with Crippen molar-refractivity contribution in [2.75, 3.05) is 26.7 Å². The van der Waals surface area contributed by atoms with E-state index in [-0.39, 0.29) is 18.4 Å². The summed E-state index contributed by atoms with van der Waals surface area (Å²) in [5, 5.41) is 9.61. The molecule has 0 bridgehead atoms. The van der Waals surface area contributed by atoms with Gasteiger partial charge in [-0.15, -0.1) is 0 Å². The lowest BCUT2D eigenvalue weighted by Gasteiger charge is -2.25. The first-order chi connectivity index (χ1) is 10.7. The van der Waals surface area contributed by atoms with Crippen LogP contribution in [-0.4, -0.2) is 53.7 Å². The summed E-state index contributed by atoms with van der Waals surface area (Å²) in [6, 6.07) is 9.13. The van der Waals surface area contributed by atoms with Gasteiger partial charge in [0.05, 0.1) is 19.3 Å². The number of aromatic amines is 1. The lowest BCUT2D eigenvalue weighted by Crippen LogP contribution is -2.50. The smallest absolute Gasteiger partial charge is 0.272 e. The number of piperazine rings is 1. The Labute approximate surface area is 127 Å². The van der Waals surface area contributed by atoms with Crippen molar-refractivity contribution >= 4 is 11.8 Å². The largest absolute Gasteiger partial charge is 0.496 e. The predicted molar refractivity (Wildman–Crippen MR) is 79.5 cm³/mol. The molecule has 114 valence electrons. The molecule has 2 amide bonds. The molecule has 1 fully saturated rings. The minimum absolute atomic E-state index is 0.0713. The van der Waals surface area contributed by atoms with Gasteiger partial charge in [0, 0.05) is 18.7 Å². The van der Waals surface area contributed by atoms with Gasteiger partial charge in [-0.05, 0) is 18.2 Å². The molecule has 1 aromatic carbocycles. The summed E-state index contributed by atoms with van der Waals surface area (Å²) in [6.07, 6.45) is 0. The Morgan fingerprint density at radius 2 is 2.18 bits per heavy atom. The Balaban J connectivity index is 1.84. The molecule has 2 N–H and O–H groups in total. The number of ether oxygens (including phenoxy) is 1. The monoisotopic (exact) mass is 300 g/mol. The van der Waals surface area contributed by atoms with Crippen LogP contribution in [0.2, 0.25) is 0 Å². The molecule has 0 radical (unpaired) electrons. The number of para-hydroxylation sites is 1. The standard InChI is InChI=1S/C15H16N4O3/c1-22-13-5-3-2-4-10(13)11-8-12(18-17-11)15(21)19-7-6-16-14(20)9-19/h2-5,8H,6-7,9H2,1H3,(H,16,20)(H,17,18). The van der Waals surface area contributed by atoms with Crippen LogP contribution in [0.3, 0.4) is 0 Å². The van der Waals surface area contributed by atoms with Gasteiger partial charge in [0.15, 0.2) is 0 Å². The van der Waals surface area contributed by atoms with E-state index < -0.39 is 0 Å². The highest BCUT2D eigenvalue weighted by Crippen LogP contribution is 2.28. The van der Waals surface area contributed by atoms with Gasteiger partial charge < -0.3 is 15.0 Å². The molecule has 0 atom stereocenters. The molecule has 1 aliphatic rings. The molecule has 22 heavy (non-hydrogen) atoms. The maximum absolute atomic E-state index is 12.4. The third kappa shape index (κ3) is 2.65. The average Bonchev–Trinajstić information content (AvgIpc) is 3.04. The molecule has 0 saturated carbocycles. The first-order valence-electron chi connectivity index (χ1n) is 6.94. The number of amides is 2. The van der Waals surface area contributed by atoms with Crippen LogP contribution in [0.25, 0.3) is 11.3 Å². The number of benzene rings is 1. The van der Waals surface area contributed by atoms with Crippen molar-refractivity contribution in [1.82, 2.24) is 20.4 Å². The van der Waals surface area contributed by atoms with Crippen LogP contribution in [0.4, 0.5) is 0 Å². The lowest BCUT2D eigenvalue weighted by atomic mass is 10.1. The number of hydrogen-bond acceptors (Lipinski definition) is 4. The molecule has 2 heterocycles. The van der Waals surface area contributed by atoms with Crippen LogP contribution in [0.15, 0.2) is 30.3 Å².